The number of urea groups is 1. The fraction of sp³-hybridized carbons (Fsp3) is 0.261. The van der Waals surface area contributed by atoms with E-state index in [4.69, 9.17) is 9.72 Å². The summed E-state index contributed by atoms with van der Waals surface area (Å²) in [5.74, 6) is 1.43. The van der Waals surface area contributed by atoms with E-state index in [-0.39, 0.29) is 6.03 Å². The van der Waals surface area contributed by atoms with Gasteiger partial charge in [0.05, 0.1) is 18.2 Å². The summed E-state index contributed by atoms with van der Waals surface area (Å²) in [5.41, 5.74) is 3.29. The Kier molecular flexibility index (Phi) is 5.40. The van der Waals surface area contributed by atoms with Gasteiger partial charge in [0.25, 0.3) is 0 Å². The Morgan fingerprint density at radius 1 is 1.10 bits per heavy atom. The number of fused-ring (bicyclic) bond motifs is 1. The van der Waals surface area contributed by atoms with Gasteiger partial charge < -0.3 is 19.9 Å². The van der Waals surface area contributed by atoms with Crippen LogP contribution in [-0.4, -0.2) is 49.2 Å². The van der Waals surface area contributed by atoms with Crippen LogP contribution in [0.15, 0.2) is 48.5 Å². The number of carbonyl (C=O) groups is 1. The maximum atomic E-state index is 12.6. The predicted molar refractivity (Wildman–Crippen MR) is 117 cm³/mol. The molecule has 30 heavy (non-hydrogen) atoms. The number of hydrogen-bond acceptors (Lipinski definition) is 5. The molecule has 2 aromatic carbocycles. The standard InChI is InChI=1S/C23H23N5O2/c1-16-3-4-17-14-18(15-24)22(26-21(17)13-16)27-9-11-28(12-10-27)23(29)25-19-5-7-20(30-2)8-6-19/h3-8,13-14H,9-12H2,1-2H3,(H,25,29). The molecule has 1 aromatic heterocycles. The lowest BCUT2D eigenvalue weighted by Gasteiger charge is -2.35. The van der Waals surface area contributed by atoms with Crippen molar-refractivity contribution >= 4 is 28.4 Å². The molecule has 1 N–H and O–H groups in total. The number of amides is 2. The quantitative estimate of drug-likeness (QED) is 0.722. The third-order valence-corrected chi connectivity index (χ3v) is 5.28. The van der Waals surface area contributed by atoms with E-state index in [1.807, 2.05) is 55.5 Å². The molecule has 0 atom stereocenters. The van der Waals surface area contributed by atoms with Gasteiger partial charge >= 0.3 is 6.03 Å². The molecule has 2 heterocycles. The fourth-order valence-electron chi connectivity index (χ4n) is 3.59. The van der Waals surface area contributed by atoms with E-state index in [1.165, 1.54) is 0 Å². The third kappa shape index (κ3) is 3.98. The lowest BCUT2D eigenvalue weighted by atomic mass is 10.1. The number of nitrogens with zero attached hydrogens (tertiary/aromatic N) is 4. The molecule has 0 spiro atoms. The minimum absolute atomic E-state index is 0.137. The van der Waals surface area contributed by atoms with Gasteiger partial charge in [-0.15, -0.1) is 0 Å². The normalized spacial score (nSPS) is 13.8. The van der Waals surface area contributed by atoms with Gasteiger partial charge in [0.15, 0.2) is 0 Å². The van der Waals surface area contributed by atoms with E-state index in [0.29, 0.717) is 37.6 Å². The Labute approximate surface area is 175 Å². The first-order chi connectivity index (χ1) is 14.6. The number of aromatic nitrogens is 1. The molecule has 0 radical (unpaired) electrons. The van der Waals surface area contributed by atoms with Gasteiger partial charge in [0.2, 0.25) is 0 Å². The van der Waals surface area contributed by atoms with Crippen LogP contribution in [0.5, 0.6) is 5.75 Å². The first-order valence-corrected chi connectivity index (χ1v) is 9.84. The number of piperazine rings is 1. The Balaban J connectivity index is 1.45. The van der Waals surface area contributed by atoms with Crippen LogP contribution in [0, 0.1) is 18.3 Å². The van der Waals surface area contributed by atoms with Crippen LogP contribution in [0.2, 0.25) is 0 Å². The molecule has 0 unspecified atom stereocenters. The van der Waals surface area contributed by atoms with E-state index >= 15 is 0 Å². The highest BCUT2D eigenvalue weighted by Crippen LogP contribution is 2.25. The van der Waals surface area contributed by atoms with Crippen molar-refractivity contribution in [3.8, 4) is 11.8 Å². The van der Waals surface area contributed by atoms with Crippen molar-refractivity contribution in [3.05, 3.63) is 59.7 Å². The molecule has 152 valence electrons. The molecular formula is C23H23N5O2. The van der Waals surface area contributed by atoms with Crippen molar-refractivity contribution in [2.75, 3.05) is 43.5 Å². The van der Waals surface area contributed by atoms with Gasteiger partial charge in [0, 0.05) is 37.3 Å². The number of nitriles is 1. The van der Waals surface area contributed by atoms with Gasteiger partial charge in [-0.1, -0.05) is 12.1 Å². The van der Waals surface area contributed by atoms with Crippen molar-refractivity contribution in [2.45, 2.75) is 6.92 Å². The van der Waals surface area contributed by atoms with Gasteiger partial charge in [-0.05, 0) is 48.9 Å². The van der Waals surface area contributed by atoms with E-state index in [9.17, 15) is 10.1 Å². The average molecular weight is 401 g/mol. The molecule has 0 bridgehead atoms. The Morgan fingerprint density at radius 3 is 2.50 bits per heavy atom. The van der Waals surface area contributed by atoms with E-state index < -0.39 is 0 Å². The lowest BCUT2D eigenvalue weighted by molar-refractivity contribution is 0.208. The van der Waals surface area contributed by atoms with Crippen molar-refractivity contribution < 1.29 is 9.53 Å². The van der Waals surface area contributed by atoms with Gasteiger partial charge in [-0.3, -0.25) is 0 Å². The minimum Gasteiger partial charge on any atom is -0.497 e. The third-order valence-electron chi connectivity index (χ3n) is 5.28. The zero-order chi connectivity index (χ0) is 21.1. The molecule has 4 rings (SSSR count). The highest BCUT2D eigenvalue weighted by molar-refractivity contribution is 5.89. The van der Waals surface area contributed by atoms with Crippen LogP contribution in [0.25, 0.3) is 10.9 Å². The first kappa shape index (κ1) is 19.5. The molecule has 2 amide bonds. The Hall–Kier alpha value is -3.79. The molecule has 0 aliphatic carbocycles. The number of nitrogens with one attached hydrogen (secondary N) is 1. The minimum atomic E-state index is -0.137. The topological polar surface area (TPSA) is 81.5 Å². The summed E-state index contributed by atoms with van der Waals surface area (Å²) >= 11 is 0. The summed E-state index contributed by atoms with van der Waals surface area (Å²) in [6.07, 6.45) is 0. The van der Waals surface area contributed by atoms with Crippen molar-refractivity contribution in [3.63, 3.8) is 0 Å². The molecule has 1 saturated heterocycles. The predicted octanol–water partition coefficient (Wildman–Crippen LogP) is 3.78. The van der Waals surface area contributed by atoms with E-state index in [1.54, 1.807) is 12.0 Å². The van der Waals surface area contributed by atoms with Crippen molar-refractivity contribution in [1.29, 1.82) is 5.26 Å². The number of carbonyl (C=O) groups excluding carboxylic acids is 1. The number of aryl methyl sites for hydroxylation is 1. The average Bonchev–Trinajstić information content (AvgIpc) is 2.78. The fourth-order valence-corrected chi connectivity index (χ4v) is 3.59. The molecule has 0 saturated carbocycles. The van der Waals surface area contributed by atoms with Crippen LogP contribution in [-0.2, 0) is 0 Å². The molecule has 7 nitrogen and oxygen atoms in total. The second-order valence-corrected chi connectivity index (χ2v) is 7.30. The molecule has 1 aliphatic heterocycles. The van der Waals surface area contributed by atoms with Crippen LogP contribution in [0.1, 0.15) is 11.1 Å². The van der Waals surface area contributed by atoms with Gasteiger partial charge in [-0.2, -0.15) is 5.26 Å². The first-order valence-electron chi connectivity index (χ1n) is 9.84. The zero-order valence-electron chi connectivity index (χ0n) is 17.1. The van der Waals surface area contributed by atoms with Crippen LogP contribution in [0.3, 0.4) is 0 Å². The number of anilines is 2. The molecule has 3 aromatic rings. The smallest absolute Gasteiger partial charge is 0.321 e. The number of hydrogen-bond donors (Lipinski definition) is 1. The summed E-state index contributed by atoms with van der Waals surface area (Å²) in [4.78, 5) is 21.2. The Morgan fingerprint density at radius 2 is 1.83 bits per heavy atom. The summed E-state index contributed by atoms with van der Waals surface area (Å²) < 4.78 is 5.14. The molecule has 1 aliphatic rings. The van der Waals surface area contributed by atoms with Crippen molar-refractivity contribution in [2.24, 2.45) is 0 Å². The van der Waals surface area contributed by atoms with Crippen LogP contribution < -0.4 is 15.0 Å². The summed E-state index contributed by atoms with van der Waals surface area (Å²) in [6, 6.07) is 17.3. The second kappa shape index (κ2) is 8.29. The Bertz CT molecular complexity index is 1110. The van der Waals surface area contributed by atoms with Crippen LogP contribution in [0.4, 0.5) is 16.3 Å². The second-order valence-electron chi connectivity index (χ2n) is 7.30. The van der Waals surface area contributed by atoms with E-state index in [0.717, 1.165) is 27.9 Å². The molecular weight excluding hydrogens is 378 g/mol. The maximum Gasteiger partial charge on any atom is 0.321 e. The van der Waals surface area contributed by atoms with Crippen molar-refractivity contribution in [1.82, 2.24) is 9.88 Å². The summed E-state index contributed by atoms with van der Waals surface area (Å²) in [5, 5.41) is 13.5. The molecule has 1 fully saturated rings. The van der Waals surface area contributed by atoms with Gasteiger partial charge in [-0.25, -0.2) is 9.78 Å². The van der Waals surface area contributed by atoms with Crippen LogP contribution >= 0.6 is 0 Å². The highest BCUT2D eigenvalue weighted by atomic mass is 16.5. The number of benzene rings is 2. The SMILES string of the molecule is COc1ccc(NC(=O)N2CCN(c3nc4cc(C)ccc4cc3C#N)CC2)cc1. The summed E-state index contributed by atoms with van der Waals surface area (Å²) in [6.45, 7) is 4.38. The monoisotopic (exact) mass is 401 g/mol. The largest absolute Gasteiger partial charge is 0.497 e. The number of pyridine rings is 1. The highest BCUT2D eigenvalue weighted by Gasteiger charge is 2.24. The number of rotatable bonds is 3. The number of methoxy groups -OCH3 is 1. The lowest BCUT2D eigenvalue weighted by Crippen LogP contribution is -2.50. The maximum absolute atomic E-state index is 12.6. The molecule has 7 heteroatoms. The summed E-state index contributed by atoms with van der Waals surface area (Å²) in [7, 11) is 1.61. The van der Waals surface area contributed by atoms with E-state index in [2.05, 4.69) is 16.3 Å². The zero-order valence-corrected chi connectivity index (χ0v) is 17.1. The van der Waals surface area contributed by atoms with Gasteiger partial charge in [0.1, 0.15) is 17.6 Å². The number of ether oxygens (including phenoxy) is 1.